The average Bonchev–Trinajstić information content (AvgIpc) is 2.61. The van der Waals surface area contributed by atoms with Crippen molar-refractivity contribution < 1.29 is 0 Å². The van der Waals surface area contributed by atoms with Crippen LogP contribution in [0.3, 0.4) is 0 Å². The van der Waals surface area contributed by atoms with Crippen LogP contribution in [0.5, 0.6) is 0 Å². The lowest BCUT2D eigenvalue weighted by molar-refractivity contribution is 0.272. The van der Waals surface area contributed by atoms with Crippen LogP contribution < -0.4 is 4.90 Å². The van der Waals surface area contributed by atoms with E-state index >= 15 is 0 Å². The van der Waals surface area contributed by atoms with E-state index in [2.05, 4.69) is 45.4 Å². The largest absolute Gasteiger partial charge is 0.368 e. The highest BCUT2D eigenvalue weighted by Crippen LogP contribution is 2.19. The van der Waals surface area contributed by atoms with Crippen molar-refractivity contribution in [3.8, 4) is 0 Å². The second-order valence-corrected chi connectivity index (χ2v) is 5.89. The minimum Gasteiger partial charge on any atom is -0.368 e. The summed E-state index contributed by atoms with van der Waals surface area (Å²) in [5.41, 5.74) is 2.41. The third-order valence-corrected chi connectivity index (χ3v) is 4.10. The van der Waals surface area contributed by atoms with Crippen LogP contribution in [0.2, 0.25) is 5.02 Å². The van der Waals surface area contributed by atoms with Gasteiger partial charge in [0, 0.05) is 30.0 Å². The fourth-order valence-corrected chi connectivity index (χ4v) is 2.70. The van der Waals surface area contributed by atoms with E-state index in [0.29, 0.717) is 0 Å². The maximum absolute atomic E-state index is 5.94. The molecule has 0 N–H and O–H groups in total. The van der Waals surface area contributed by atoms with Gasteiger partial charge in [-0.3, -0.25) is 5.01 Å². The van der Waals surface area contributed by atoms with Crippen LogP contribution >= 0.6 is 11.6 Å². The first-order valence-electron chi connectivity index (χ1n) is 7.82. The summed E-state index contributed by atoms with van der Waals surface area (Å²) in [4.78, 5) is 2.36. The Bertz CT molecular complexity index is 657. The van der Waals surface area contributed by atoms with Crippen molar-refractivity contribution in [1.82, 2.24) is 5.01 Å². The zero-order valence-electron chi connectivity index (χ0n) is 13.0. The first-order chi connectivity index (χ1) is 11.3. The second kappa shape index (κ2) is 7.84. The molecule has 3 nitrogen and oxygen atoms in total. The summed E-state index contributed by atoms with van der Waals surface area (Å²) in [6, 6.07) is 18.3. The summed E-state index contributed by atoms with van der Waals surface area (Å²) in [7, 11) is 0. The van der Waals surface area contributed by atoms with Gasteiger partial charge < -0.3 is 4.90 Å². The maximum Gasteiger partial charge on any atom is 0.0536 e. The SMILES string of the molecule is Clc1ccc(N2CCN(/N=C\C=C\c3ccccc3)CC2)cc1. The van der Waals surface area contributed by atoms with Gasteiger partial charge >= 0.3 is 0 Å². The van der Waals surface area contributed by atoms with E-state index in [0.717, 1.165) is 31.2 Å². The Hall–Kier alpha value is -2.26. The van der Waals surface area contributed by atoms with Crippen molar-refractivity contribution in [2.45, 2.75) is 0 Å². The average molecular weight is 326 g/mol. The number of halogens is 1. The van der Waals surface area contributed by atoms with Crippen molar-refractivity contribution in [2.75, 3.05) is 31.1 Å². The molecule has 2 aromatic rings. The lowest BCUT2D eigenvalue weighted by atomic mass is 10.2. The molecular formula is C19H20ClN3. The highest BCUT2D eigenvalue weighted by molar-refractivity contribution is 6.30. The molecule has 0 bridgehead atoms. The third kappa shape index (κ3) is 4.60. The molecule has 1 fully saturated rings. The number of benzene rings is 2. The molecule has 2 aromatic carbocycles. The first kappa shape index (κ1) is 15.6. The Morgan fingerprint density at radius 1 is 0.870 bits per heavy atom. The number of nitrogens with zero attached hydrogens (tertiary/aromatic N) is 3. The third-order valence-electron chi connectivity index (χ3n) is 3.85. The second-order valence-electron chi connectivity index (χ2n) is 5.45. The van der Waals surface area contributed by atoms with E-state index in [1.807, 2.05) is 42.6 Å². The van der Waals surface area contributed by atoms with Gasteiger partial charge in [0.05, 0.1) is 13.1 Å². The van der Waals surface area contributed by atoms with Crippen molar-refractivity contribution in [1.29, 1.82) is 0 Å². The van der Waals surface area contributed by atoms with Crippen LogP contribution in [0.4, 0.5) is 5.69 Å². The van der Waals surface area contributed by atoms with Gasteiger partial charge in [-0.1, -0.05) is 48.0 Å². The van der Waals surface area contributed by atoms with Crippen molar-refractivity contribution >= 4 is 29.6 Å². The smallest absolute Gasteiger partial charge is 0.0536 e. The topological polar surface area (TPSA) is 18.8 Å². The Morgan fingerprint density at radius 2 is 1.57 bits per heavy atom. The van der Waals surface area contributed by atoms with E-state index < -0.39 is 0 Å². The normalized spacial score (nSPS) is 15.7. The molecule has 0 atom stereocenters. The number of anilines is 1. The van der Waals surface area contributed by atoms with Gasteiger partial charge in [0.2, 0.25) is 0 Å². The van der Waals surface area contributed by atoms with Gasteiger partial charge in [0.25, 0.3) is 0 Å². The van der Waals surface area contributed by atoms with E-state index in [1.165, 1.54) is 11.3 Å². The van der Waals surface area contributed by atoms with Gasteiger partial charge in [-0.15, -0.1) is 0 Å². The molecule has 1 heterocycles. The van der Waals surface area contributed by atoms with Crippen LogP contribution in [0.25, 0.3) is 6.08 Å². The molecule has 0 amide bonds. The quantitative estimate of drug-likeness (QED) is 0.786. The van der Waals surface area contributed by atoms with Crippen molar-refractivity contribution in [2.24, 2.45) is 5.10 Å². The zero-order chi connectivity index (χ0) is 15.9. The van der Waals surface area contributed by atoms with Crippen LogP contribution in [0, 0.1) is 0 Å². The molecule has 118 valence electrons. The maximum atomic E-state index is 5.94. The summed E-state index contributed by atoms with van der Waals surface area (Å²) >= 11 is 5.94. The summed E-state index contributed by atoms with van der Waals surface area (Å²) in [6.07, 6.45) is 5.92. The zero-order valence-corrected chi connectivity index (χ0v) is 13.7. The van der Waals surface area contributed by atoms with Gasteiger partial charge in [-0.25, -0.2) is 0 Å². The number of hydrazone groups is 1. The van der Waals surface area contributed by atoms with Crippen molar-refractivity contribution in [3.05, 3.63) is 71.3 Å². The Kier molecular flexibility index (Phi) is 5.33. The minimum absolute atomic E-state index is 0.780. The molecule has 0 saturated carbocycles. The molecule has 1 saturated heterocycles. The van der Waals surface area contributed by atoms with Crippen LogP contribution in [0.1, 0.15) is 5.56 Å². The first-order valence-corrected chi connectivity index (χ1v) is 8.20. The van der Waals surface area contributed by atoms with Gasteiger partial charge in [0.1, 0.15) is 0 Å². The van der Waals surface area contributed by atoms with Crippen LogP contribution in [0.15, 0.2) is 65.8 Å². The van der Waals surface area contributed by atoms with Gasteiger partial charge in [-0.05, 0) is 35.9 Å². The molecule has 0 spiro atoms. The summed E-state index contributed by atoms with van der Waals surface area (Å²) in [6.45, 7) is 3.80. The van der Waals surface area contributed by atoms with Crippen molar-refractivity contribution in [3.63, 3.8) is 0 Å². The van der Waals surface area contributed by atoms with Crippen LogP contribution in [-0.4, -0.2) is 37.4 Å². The number of hydrogen-bond donors (Lipinski definition) is 0. The fraction of sp³-hybridized carbons (Fsp3) is 0.211. The molecule has 1 aliphatic heterocycles. The lowest BCUT2D eigenvalue weighted by Crippen LogP contribution is -2.44. The summed E-state index contributed by atoms with van der Waals surface area (Å²) in [5.74, 6) is 0. The van der Waals surface area contributed by atoms with E-state index in [9.17, 15) is 0 Å². The Morgan fingerprint density at radius 3 is 2.26 bits per heavy atom. The number of hydrogen-bond acceptors (Lipinski definition) is 3. The number of rotatable bonds is 4. The fourth-order valence-electron chi connectivity index (χ4n) is 2.57. The minimum atomic E-state index is 0.780. The molecular weight excluding hydrogens is 306 g/mol. The predicted octanol–water partition coefficient (Wildman–Crippen LogP) is 4.16. The number of allylic oxidation sites excluding steroid dienone is 1. The molecule has 0 aromatic heterocycles. The molecule has 0 aliphatic carbocycles. The molecule has 1 aliphatic rings. The molecule has 0 radical (unpaired) electrons. The molecule has 23 heavy (non-hydrogen) atoms. The van der Waals surface area contributed by atoms with E-state index in [-0.39, 0.29) is 0 Å². The molecule has 0 unspecified atom stereocenters. The number of piperazine rings is 1. The van der Waals surface area contributed by atoms with Gasteiger partial charge in [0.15, 0.2) is 0 Å². The molecule has 4 heteroatoms. The Balaban J connectivity index is 1.48. The monoisotopic (exact) mass is 325 g/mol. The molecule has 3 rings (SSSR count). The van der Waals surface area contributed by atoms with E-state index in [4.69, 9.17) is 11.6 Å². The predicted molar refractivity (Wildman–Crippen MR) is 99.2 cm³/mol. The standard InChI is InChI=1S/C19H20ClN3/c20-18-8-10-19(11-9-18)22-13-15-23(16-14-22)21-12-4-7-17-5-2-1-3-6-17/h1-12H,13-16H2/b7-4+,21-12-. The summed E-state index contributed by atoms with van der Waals surface area (Å²) < 4.78 is 0. The van der Waals surface area contributed by atoms with Gasteiger partial charge in [-0.2, -0.15) is 5.10 Å². The highest BCUT2D eigenvalue weighted by atomic mass is 35.5. The van der Waals surface area contributed by atoms with Crippen LogP contribution in [-0.2, 0) is 0 Å². The van der Waals surface area contributed by atoms with E-state index in [1.54, 1.807) is 0 Å². The Labute approximate surface area is 142 Å². The lowest BCUT2D eigenvalue weighted by Gasteiger charge is -2.34. The summed E-state index contributed by atoms with van der Waals surface area (Å²) in [5, 5.41) is 7.41. The highest BCUT2D eigenvalue weighted by Gasteiger charge is 2.15.